The molecule has 1 atom stereocenters. The average molecular weight is 227 g/mol. The van der Waals surface area contributed by atoms with E-state index in [-0.39, 0.29) is 12.5 Å². The zero-order valence-electron chi connectivity index (χ0n) is 9.22. The van der Waals surface area contributed by atoms with Crippen molar-refractivity contribution in [2.24, 2.45) is 5.92 Å². The van der Waals surface area contributed by atoms with Crippen molar-refractivity contribution in [1.29, 1.82) is 0 Å². The molecule has 1 unspecified atom stereocenters. The van der Waals surface area contributed by atoms with Crippen LogP contribution in [0.25, 0.3) is 0 Å². The van der Waals surface area contributed by atoms with Gasteiger partial charge in [-0.2, -0.15) is 0 Å². The van der Waals surface area contributed by atoms with Crippen LogP contribution in [0.4, 0.5) is 0 Å². The molecule has 5 heteroatoms. The third-order valence-corrected chi connectivity index (χ3v) is 2.97. The zero-order valence-corrected chi connectivity index (χ0v) is 9.22. The minimum absolute atomic E-state index is 0.0971. The second kappa shape index (κ2) is 5.21. The molecule has 2 heterocycles. The van der Waals surface area contributed by atoms with Gasteiger partial charge < -0.3 is 19.5 Å². The van der Waals surface area contributed by atoms with Gasteiger partial charge in [0.05, 0.1) is 0 Å². The summed E-state index contributed by atoms with van der Waals surface area (Å²) in [5, 5.41) is 8.84. The molecule has 16 heavy (non-hydrogen) atoms. The van der Waals surface area contributed by atoms with Crippen LogP contribution in [-0.2, 0) is 14.3 Å². The van der Waals surface area contributed by atoms with E-state index in [9.17, 15) is 4.79 Å². The van der Waals surface area contributed by atoms with E-state index >= 15 is 0 Å². The molecular formula is C11H17NO4. The molecule has 0 aliphatic carbocycles. The standard InChI is InChI=1S/C11H17NO4/c13-4-2-9-1-3-12(7-9)11(14)10-8-15-5-6-16-10/h8-9,13H,1-7H2. The van der Waals surface area contributed by atoms with E-state index < -0.39 is 0 Å². The van der Waals surface area contributed by atoms with Crippen LogP contribution in [0, 0.1) is 5.92 Å². The van der Waals surface area contributed by atoms with Crippen LogP contribution >= 0.6 is 0 Å². The van der Waals surface area contributed by atoms with Crippen molar-refractivity contribution in [2.75, 3.05) is 32.9 Å². The number of aliphatic hydroxyl groups is 1. The minimum atomic E-state index is -0.0971. The number of nitrogens with zero attached hydrogens (tertiary/aromatic N) is 1. The summed E-state index contributed by atoms with van der Waals surface area (Å²) in [5.41, 5.74) is 0. The lowest BCUT2D eigenvalue weighted by Gasteiger charge is -2.20. The predicted molar refractivity (Wildman–Crippen MR) is 56.4 cm³/mol. The third kappa shape index (κ3) is 2.47. The van der Waals surface area contributed by atoms with Crippen molar-refractivity contribution in [3.63, 3.8) is 0 Å². The molecule has 1 amide bonds. The van der Waals surface area contributed by atoms with Crippen LogP contribution in [0.1, 0.15) is 12.8 Å². The molecule has 1 N–H and O–H groups in total. The molecule has 5 nitrogen and oxygen atoms in total. The summed E-state index contributed by atoms with van der Waals surface area (Å²) < 4.78 is 10.3. The number of carbonyl (C=O) groups excluding carboxylic acids is 1. The molecule has 2 aliphatic rings. The van der Waals surface area contributed by atoms with Crippen molar-refractivity contribution in [2.45, 2.75) is 12.8 Å². The number of rotatable bonds is 3. The van der Waals surface area contributed by atoms with Gasteiger partial charge in [-0.3, -0.25) is 4.79 Å². The highest BCUT2D eigenvalue weighted by atomic mass is 16.6. The number of hydrogen-bond acceptors (Lipinski definition) is 4. The van der Waals surface area contributed by atoms with Crippen LogP contribution in [0.2, 0.25) is 0 Å². The summed E-state index contributed by atoms with van der Waals surface area (Å²) in [6, 6.07) is 0. The lowest BCUT2D eigenvalue weighted by molar-refractivity contribution is -0.131. The lowest BCUT2D eigenvalue weighted by Crippen LogP contribution is -2.32. The van der Waals surface area contributed by atoms with Crippen molar-refractivity contribution >= 4 is 5.91 Å². The number of ether oxygens (including phenoxy) is 2. The summed E-state index contributed by atoms with van der Waals surface area (Å²) >= 11 is 0. The van der Waals surface area contributed by atoms with Crippen molar-refractivity contribution < 1.29 is 19.4 Å². The normalized spacial score (nSPS) is 24.7. The maximum atomic E-state index is 11.9. The topological polar surface area (TPSA) is 59.0 Å². The largest absolute Gasteiger partial charge is 0.494 e. The Morgan fingerprint density at radius 2 is 2.44 bits per heavy atom. The van der Waals surface area contributed by atoms with Gasteiger partial charge in [-0.15, -0.1) is 0 Å². The van der Waals surface area contributed by atoms with Crippen LogP contribution < -0.4 is 0 Å². The first-order valence-electron chi connectivity index (χ1n) is 5.66. The molecule has 90 valence electrons. The average Bonchev–Trinajstić information content (AvgIpc) is 2.78. The van der Waals surface area contributed by atoms with E-state index in [1.54, 1.807) is 4.90 Å². The number of hydrogen-bond donors (Lipinski definition) is 1. The SMILES string of the molecule is O=C(C1=COCCO1)N1CCC(CCO)C1. The highest BCUT2D eigenvalue weighted by Gasteiger charge is 2.29. The fourth-order valence-corrected chi connectivity index (χ4v) is 2.07. The fourth-order valence-electron chi connectivity index (χ4n) is 2.07. The first-order valence-corrected chi connectivity index (χ1v) is 5.66. The Bertz CT molecular complexity index is 290. The quantitative estimate of drug-likeness (QED) is 0.743. The van der Waals surface area contributed by atoms with E-state index in [0.717, 1.165) is 19.4 Å². The second-order valence-electron chi connectivity index (χ2n) is 4.12. The van der Waals surface area contributed by atoms with Gasteiger partial charge in [-0.05, 0) is 18.8 Å². The van der Waals surface area contributed by atoms with Crippen LogP contribution in [0.3, 0.4) is 0 Å². The minimum Gasteiger partial charge on any atom is -0.494 e. The molecule has 0 bridgehead atoms. The highest BCUT2D eigenvalue weighted by molar-refractivity contribution is 5.91. The molecule has 0 aromatic rings. The molecule has 0 spiro atoms. The molecule has 0 saturated carbocycles. The summed E-state index contributed by atoms with van der Waals surface area (Å²) in [6.45, 7) is 2.58. The number of aliphatic hydroxyl groups excluding tert-OH is 1. The van der Waals surface area contributed by atoms with Crippen molar-refractivity contribution in [3.8, 4) is 0 Å². The maximum absolute atomic E-state index is 11.9. The first-order chi connectivity index (χ1) is 7.81. The molecule has 2 aliphatic heterocycles. The Morgan fingerprint density at radius 1 is 1.56 bits per heavy atom. The van der Waals surface area contributed by atoms with Gasteiger partial charge in [0.2, 0.25) is 5.76 Å². The van der Waals surface area contributed by atoms with Gasteiger partial charge in [-0.1, -0.05) is 0 Å². The second-order valence-corrected chi connectivity index (χ2v) is 4.12. The van der Waals surface area contributed by atoms with E-state index in [2.05, 4.69) is 0 Å². The molecule has 0 aromatic carbocycles. The third-order valence-electron chi connectivity index (χ3n) is 2.97. The lowest BCUT2D eigenvalue weighted by atomic mass is 10.1. The Labute approximate surface area is 94.6 Å². The van der Waals surface area contributed by atoms with Gasteiger partial charge >= 0.3 is 0 Å². The van der Waals surface area contributed by atoms with Crippen molar-refractivity contribution in [1.82, 2.24) is 4.90 Å². The van der Waals surface area contributed by atoms with Crippen LogP contribution in [0.5, 0.6) is 0 Å². The molecule has 2 rings (SSSR count). The van der Waals surface area contributed by atoms with Crippen LogP contribution in [0.15, 0.2) is 12.0 Å². The maximum Gasteiger partial charge on any atom is 0.292 e. The number of carbonyl (C=O) groups is 1. The summed E-state index contributed by atoms with van der Waals surface area (Å²) in [5.74, 6) is 0.620. The smallest absolute Gasteiger partial charge is 0.292 e. The Morgan fingerprint density at radius 3 is 3.12 bits per heavy atom. The Hall–Kier alpha value is -1.23. The summed E-state index contributed by atoms with van der Waals surface area (Å²) in [7, 11) is 0. The van der Waals surface area contributed by atoms with E-state index in [0.29, 0.717) is 31.4 Å². The van der Waals surface area contributed by atoms with E-state index in [1.165, 1.54) is 6.26 Å². The summed E-state index contributed by atoms with van der Waals surface area (Å²) in [6.07, 6.45) is 3.12. The molecule has 1 saturated heterocycles. The first kappa shape index (κ1) is 11.3. The molecule has 0 aromatic heterocycles. The van der Waals surface area contributed by atoms with Gasteiger partial charge in [0, 0.05) is 19.7 Å². The number of likely N-dealkylation sites (tertiary alicyclic amines) is 1. The Balaban J connectivity index is 1.88. The van der Waals surface area contributed by atoms with Gasteiger partial charge in [0.25, 0.3) is 5.91 Å². The molecular weight excluding hydrogens is 210 g/mol. The fraction of sp³-hybridized carbons (Fsp3) is 0.727. The van der Waals surface area contributed by atoms with Gasteiger partial charge in [0.1, 0.15) is 19.5 Å². The monoisotopic (exact) mass is 227 g/mol. The van der Waals surface area contributed by atoms with Gasteiger partial charge in [-0.25, -0.2) is 0 Å². The molecule has 0 radical (unpaired) electrons. The Kier molecular flexibility index (Phi) is 3.66. The van der Waals surface area contributed by atoms with E-state index in [1.807, 2.05) is 0 Å². The van der Waals surface area contributed by atoms with Crippen LogP contribution in [-0.4, -0.2) is 48.8 Å². The zero-order chi connectivity index (χ0) is 11.4. The number of amides is 1. The highest BCUT2D eigenvalue weighted by Crippen LogP contribution is 2.21. The van der Waals surface area contributed by atoms with Gasteiger partial charge in [0.15, 0.2) is 0 Å². The molecule has 1 fully saturated rings. The predicted octanol–water partition coefficient (Wildman–Crippen LogP) is 0.105. The van der Waals surface area contributed by atoms with Crippen molar-refractivity contribution in [3.05, 3.63) is 12.0 Å². The van der Waals surface area contributed by atoms with E-state index in [4.69, 9.17) is 14.6 Å². The summed E-state index contributed by atoms with van der Waals surface area (Å²) in [4.78, 5) is 13.7.